The minimum absolute atomic E-state index is 0.0113. The Hall–Kier alpha value is -1.46. The van der Waals surface area contributed by atoms with Gasteiger partial charge in [-0.2, -0.15) is 0 Å². The number of allylic oxidation sites excluding steroid dienone is 2. The molecule has 3 nitrogen and oxygen atoms in total. The van der Waals surface area contributed by atoms with E-state index < -0.39 is 21.1 Å². The van der Waals surface area contributed by atoms with E-state index in [0.717, 1.165) is 6.08 Å². The number of rotatable bonds is 6. The van der Waals surface area contributed by atoms with Gasteiger partial charge in [-0.1, -0.05) is 36.9 Å². The van der Waals surface area contributed by atoms with E-state index in [1.54, 1.807) is 38.1 Å². The van der Waals surface area contributed by atoms with Crippen molar-refractivity contribution in [3.05, 3.63) is 60.0 Å². The first-order valence-corrected chi connectivity index (χ1v) is 7.78. The summed E-state index contributed by atoms with van der Waals surface area (Å²) in [6, 6.07) is 8.96. The number of nitrogens with zero attached hydrogens (tertiary/aromatic N) is 1. The number of hydrogen-bond donors (Lipinski definition) is 0. The monoisotopic (exact) mass is 297 g/mol. The Morgan fingerprint density at radius 3 is 2.45 bits per heavy atom. The number of sulfonamides is 1. The fraction of sp³-hybridized carbons (Fsp3) is 0.333. The molecule has 0 bridgehead atoms. The number of hydrogen-bond acceptors (Lipinski definition) is 2. The van der Waals surface area contributed by atoms with E-state index in [0.29, 0.717) is 11.1 Å². The standard InChI is InChI=1S/C15H20FNO2S/c1-5-15(16)12(2)11-17(4)20(18,19)13(3)14-9-7-6-8-10-14/h5-10,13H,1,11H2,2-4H3/b15-12-/t13-/m1/s1. The van der Waals surface area contributed by atoms with E-state index in [1.165, 1.54) is 11.4 Å². The van der Waals surface area contributed by atoms with Crippen LogP contribution in [0.1, 0.15) is 24.7 Å². The fourth-order valence-corrected chi connectivity index (χ4v) is 3.25. The molecule has 5 heteroatoms. The number of benzene rings is 1. The third-order valence-corrected chi connectivity index (χ3v) is 5.36. The van der Waals surface area contributed by atoms with Crippen LogP contribution >= 0.6 is 0 Å². The zero-order valence-corrected chi connectivity index (χ0v) is 12.8. The summed E-state index contributed by atoms with van der Waals surface area (Å²) in [4.78, 5) is 0. The van der Waals surface area contributed by atoms with Crippen molar-refractivity contribution in [3.8, 4) is 0 Å². The van der Waals surface area contributed by atoms with E-state index in [-0.39, 0.29) is 6.54 Å². The summed E-state index contributed by atoms with van der Waals surface area (Å²) in [5, 5.41) is -0.673. The van der Waals surface area contributed by atoms with Gasteiger partial charge < -0.3 is 0 Å². The van der Waals surface area contributed by atoms with E-state index in [9.17, 15) is 12.8 Å². The van der Waals surface area contributed by atoms with Crippen molar-refractivity contribution >= 4 is 10.0 Å². The van der Waals surface area contributed by atoms with Crippen molar-refractivity contribution in [3.63, 3.8) is 0 Å². The molecule has 1 aromatic rings. The maximum atomic E-state index is 13.3. The van der Waals surface area contributed by atoms with Crippen molar-refractivity contribution in [2.75, 3.05) is 13.6 Å². The molecule has 0 amide bonds. The zero-order valence-electron chi connectivity index (χ0n) is 12.0. The number of halogens is 1. The van der Waals surface area contributed by atoms with Gasteiger partial charge in [-0.15, -0.1) is 0 Å². The van der Waals surface area contributed by atoms with Crippen LogP contribution in [-0.2, 0) is 10.0 Å². The molecule has 20 heavy (non-hydrogen) atoms. The summed E-state index contributed by atoms with van der Waals surface area (Å²) < 4.78 is 39.4. The van der Waals surface area contributed by atoms with Crippen LogP contribution < -0.4 is 0 Å². The average molecular weight is 297 g/mol. The quantitative estimate of drug-likeness (QED) is 0.754. The molecular formula is C15H20FNO2S. The van der Waals surface area contributed by atoms with E-state index in [1.807, 2.05) is 6.07 Å². The second-order valence-corrected chi connectivity index (χ2v) is 7.05. The maximum Gasteiger partial charge on any atom is 0.220 e. The summed E-state index contributed by atoms with van der Waals surface area (Å²) in [6.07, 6.45) is 1.08. The van der Waals surface area contributed by atoms with Crippen molar-refractivity contribution in [1.29, 1.82) is 0 Å². The van der Waals surface area contributed by atoms with Crippen LogP contribution in [0.3, 0.4) is 0 Å². The molecule has 0 aliphatic heterocycles. The molecule has 0 heterocycles. The highest BCUT2D eigenvalue weighted by atomic mass is 32.2. The van der Waals surface area contributed by atoms with Gasteiger partial charge in [0.15, 0.2) is 0 Å². The molecule has 0 spiro atoms. The molecule has 1 rings (SSSR count). The fourth-order valence-electron chi connectivity index (χ4n) is 1.84. The number of likely N-dealkylation sites (N-methyl/N-ethyl adjacent to an activating group) is 1. The molecule has 1 atom stereocenters. The first kappa shape index (κ1) is 16.6. The molecule has 0 aliphatic rings. The van der Waals surface area contributed by atoms with Crippen LogP contribution in [0.2, 0.25) is 0 Å². The van der Waals surface area contributed by atoms with Gasteiger partial charge >= 0.3 is 0 Å². The molecular weight excluding hydrogens is 277 g/mol. The Labute approximate surface area is 120 Å². The smallest absolute Gasteiger partial charge is 0.212 e. The van der Waals surface area contributed by atoms with Crippen molar-refractivity contribution < 1.29 is 12.8 Å². The Bertz CT molecular complexity index is 594. The highest BCUT2D eigenvalue weighted by Crippen LogP contribution is 2.25. The molecule has 0 fully saturated rings. The Kier molecular flexibility index (Phi) is 5.65. The molecule has 0 saturated heterocycles. The zero-order chi connectivity index (χ0) is 15.3. The van der Waals surface area contributed by atoms with Gasteiger partial charge in [0.1, 0.15) is 5.83 Å². The average Bonchev–Trinajstić information content (AvgIpc) is 2.46. The lowest BCUT2D eigenvalue weighted by Gasteiger charge is -2.22. The van der Waals surface area contributed by atoms with Gasteiger partial charge in [0.2, 0.25) is 10.0 Å². The second kappa shape index (κ2) is 6.81. The van der Waals surface area contributed by atoms with Gasteiger partial charge in [-0.3, -0.25) is 0 Å². The van der Waals surface area contributed by atoms with Gasteiger partial charge in [-0.05, 0) is 31.1 Å². The first-order chi connectivity index (χ1) is 9.30. The molecule has 0 radical (unpaired) electrons. The minimum Gasteiger partial charge on any atom is -0.212 e. The van der Waals surface area contributed by atoms with Crippen LogP contribution in [0.25, 0.3) is 0 Å². The normalized spacial score (nSPS) is 14.8. The Morgan fingerprint density at radius 2 is 1.95 bits per heavy atom. The SMILES string of the molecule is C=C/C(F)=C(\C)CN(C)S(=O)(=O)[C@H](C)c1ccccc1. The van der Waals surface area contributed by atoms with E-state index >= 15 is 0 Å². The van der Waals surface area contributed by atoms with Crippen LogP contribution in [-0.4, -0.2) is 26.3 Å². The highest BCUT2D eigenvalue weighted by molar-refractivity contribution is 7.89. The molecule has 0 N–H and O–H groups in total. The lowest BCUT2D eigenvalue weighted by Crippen LogP contribution is -2.32. The molecule has 0 saturated carbocycles. The summed E-state index contributed by atoms with van der Waals surface area (Å²) in [5.74, 6) is -0.487. The van der Waals surface area contributed by atoms with Crippen LogP contribution in [0.5, 0.6) is 0 Å². The summed E-state index contributed by atoms with van der Waals surface area (Å²) >= 11 is 0. The summed E-state index contributed by atoms with van der Waals surface area (Å²) in [5.41, 5.74) is 1.05. The molecule has 0 unspecified atom stereocenters. The summed E-state index contributed by atoms with van der Waals surface area (Å²) in [6.45, 7) is 6.53. The lowest BCUT2D eigenvalue weighted by atomic mass is 10.2. The van der Waals surface area contributed by atoms with Gasteiger partial charge in [-0.25, -0.2) is 17.1 Å². The van der Waals surface area contributed by atoms with Crippen molar-refractivity contribution in [2.24, 2.45) is 0 Å². The molecule has 0 aliphatic carbocycles. The van der Waals surface area contributed by atoms with Crippen molar-refractivity contribution in [2.45, 2.75) is 19.1 Å². The summed E-state index contributed by atoms with van der Waals surface area (Å²) in [7, 11) is -2.08. The Morgan fingerprint density at radius 1 is 1.40 bits per heavy atom. The van der Waals surface area contributed by atoms with Crippen LogP contribution in [0.15, 0.2) is 54.4 Å². The van der Waals surface area contributed by atoms with E-state index in [2.05, 4.69) is 6.58 Å². The van der Waals surface area contributed by atoms with E-state index in [4.69, 9.17) is 0 Å². The highest BCUT2D eigenvalue weighted by Gasteiger charge is 2.27. The third kappa shape index (κ3) is 3.77. The Balaban J connectivity index is 2.97. The van der Waals surface area contributed by atoms with Crippen LogP contribution in [0, 0.1) is 0 Å². The first-order valence-electron chi connectivity index (χ1n) is 6.28. The molecule has 1 aromatic carbocycles. The lowest BCUT2D eigenvalue weighted by molar-refractivity contribution is 0.479. The topological polar surface area (TPSA) is 37.4 Å². The van der Waals surface area contributed by atoms with Crippen LogP contribution in [0.4, 0.5) is 4.39 Å². The second-order valence-electron chi connectivity index (χ2n) is 4.69. The molecule has 0 aromatic heterocycles. The third-order valence-electron chi connectivity index (χ3n) is 3.20. The molecule has 110 valence electrons. The minimum atomic E-state index is -3.53. The predicted molar refractivity (Wildman–Crippen MR) is 80.4 cm³/mol. The van der Waals surface area contributed by atoms with Gasteiger partial charge in [0, 0.05) is 13.6 Å². The predicted octanol–water partition coefficient (Wildman–Crippen LogP) is 3.44. The van der Waals surface area contributed by atoms with Gasteiger partial charge in [0.05, 0.1) is 5.25 Å². The largest absolute Gasteiger partial charge is 0.220 e. The maximum absolute atomic E-state index is 13.3. The van der Waals surface area contributed by atoms with Crippen molar-refractivity contribution in [1.82, 2.24) is 4.31 Å². The van der Waals surface area contributed by atoms with Gasteiger partial charge in [0.25, 0.3) is 0 Å².